The standard InChI is InChI=1S/C14H19ClN2O2/c1-14(2,3)13(18)17-7-5-10(9-17)19-12-4-6-16-8-11(12)15/h4,6,8,10H,5,7,9H2,1-3H3/t10-/m1/s1. The molecule has 1 aliphatic heterocycles. The molecule has 0 radical (unpaired) electrons. The van der Waals surface area contributed by atoms with Gasteiger partial charge in [0.15, 0.2) is 0 Å². The van der Waals surface area contributed by atoms with Crippen LogP contribution in [0.4, 0.5) is 0 Å². The summed E-state index contributed by atoms with van der Waals surface area (Å²) in [4.78, 5) is 17.9. The van der Waals surface area contributed by atoms with Crippen LogP contribution in [0.1, 0.15) is 27.2 Å². The number of aromatic nitrogens is 1. The highest BCUT2D eigenvalue weighted by atomic mass is 35.5. The maximum absolute atomic E-state index is 12.2. The van der Waals surface area contributed by atoms with Gasteiger partial charge < -0.3 is 9.64 Å². The summed E-state index contributed by atoms with van der Waals surface area (Å²) in [6.07, 6.45) is 4.05. The summed E-state index contributed by atoms with van der Waals surface area (Å²) in [5.41, 5.74) is -0.344. The first kappa shape index (κ1) is 14.1. The number of hydrogen-bond donors (Lipinski definition) is 0. The van der Waals surface area contributed by atoms with E-state index in [0.29, 0.717) is 17.3 Å². The predicted molar refractivity (Wildman–Crippen MR) is 74.3 cm³/mol. The Bertz CT molecular complexity index is 471. The summed E-state index contributed by atoms with van der Waals surface area (Å²) in [5, 5.41) is 0.503. The van der Waals surface area contributed by atoms with E-state index in [2.05, 4.69) is 4.98 Å². The maximum atomic E-state index is 12.2. The van der Waals surface area contributed by atoms with Crippen LogP contribution in [-0.4, -0.2) is 35.0 Å². The number of halogens is 1. The Morgan fingerprint density at radius 1 is 1.53 bits per heavy atom. The second-order valence-corrected chi connectivity index (χ2v) is 6.24. The number of amides is 1. The first-order valence-corrected chi connectivity index (χ1v) is 6.81. The van der Waals surface area contributed by atoms with Gasteiger partial charge in [-0.3, -0.25) is 9.78 Å². The van der Waals surface area contributed by atoms with Crippen LogP contribution in [0.2, 0.25) is 5.02 Å². The Balaban J connectivity index is 1.96. The second-order valence-electron chi connectivity index (χ2n) is 5.84. The van der Waals surface area contributed by atoms with Gasteiger partial charge in [-0.05, 0) is 0 Å². The molecule has 19 heavy (non-hydrogen) atoms. The highest BCUT2D eigenvalue weighted by Crippen LogP contribution is 2.27. The van der Waals surface area contributed by atoms with Crippen LogP contribution in [-0.2, 0) is 4.79 Å². The van der Waals surface area contributed by atoms with Gasteiger partial charge >= 0.3 is 0 Å². The van der Waals surface area contributed by atoms with Crippen LogP contribution in [0.25, 0.3) is 0 Å². The van der Waals surface area contributed by atoms with Crippen LogP contribution in [0.5, 0.6) is 5.75 Å². The molecular weight excluding hydrogens is 264 g/mol. The van der Waals surface area contributed by atoms with Crippen LogP contribution in [0.3, 0.4) is 0 Å². The largest absolute Gasteiger partial charge is 0.487 e. The van der Waals surface area contributed by atoms with Crippen molar-refractivity contribution in [1.29, 1.82) is 0 Å². The fourth-order valence-corrected chi connectivity index (χ4v) is 2.28. The van der Waals surface area contributed by atoms with Crippen molar-refractivity contribution in [2.45, 2.75) is 33.3 Å². The smallest absolute Gasteiger partial charge is 0.228 e. The Hall–Kier alpha value is -1.29. The summed E-state index contributed by atoms with van der Waals surface area (Å²) in [6, 6.07) is 1.75. The molecule has 0 unspecified atom stereocenters. The first-order valence-electron chi connectivity index (χ1n) is 6.43. The van der Waals surface area contributed by atoms with Crippen molar-refractivity contribution in [2.75, 3.05) is 13.1 Å². The Labute approximate surface area is 118 Å². The second kappa shape index (κ2) is 5.37. The molecule has 1 aliphatic rings. The number of ether oxygens (including phenoxy) is 1. The van der Waals surface area contributed by atoms with Crippen LogP contribution in [0.15, 0.2) is 18.5 Å². The lowest BCUT2D eigenvalue weighted by molar-refractivity contribution is -0.138. The molecule has 4 nitrogen and oxygen atoms in total. The van der Waals surface area contributed by atoms with Crippen molar-refractivity contribution >= 4 is 17.5 Å². The fourth-order valence-electron chi connectivity index (χ4n) is 2.12. The van der Waals surface area contributed by atoms with Crippen molar-refractivity contribution in [3.05, 3.63) is 23.5 Å². The molecule has 2 heterocycles. The van der Waals surface area contributed by atoms with Crippen molar-refractivity contribution in [1.82, 2.24) is 9.88 Å². The topological polar surface area (TPSA) is 42.4 Å². The Kier molecular flexibility index (Phi) is 3.99. The number of rotatable bonds is 2. The zero-order valence-corrected chi connectivity index (χ0v) is 12.3. The zero-order valence-electron chi connectivity index (χ0n) is 11.5. The lowest BCUT2D eigenvalue weighted by Gasteiger charge is -2.25. The molecule has 0 N–H and O–H groups in total. The molecule has 1 fully saturated rings. The first-order chi connectivity index (χ1) is 8.88. The average molecular weight is 283 g/mol. The molecule has 1 aromatic rings. The number of likely N-dealkylation sites (tertiary alicyclic amines) is 1. The van der Waals surface area contributed by atoms with E-state index in [1.165, 1.54) is 0 Å². The summed E-state index contributed by atoms with van der Waals surface area (Å²) in [6.45, 7) is 7.16. The molecule has 0 aliphatic carbocycles. The van der Waals surface area contributed by atoms with Gasteiger partial charge in [0, 0.05) is 36.8 Å². The summed E-state index contributed by atoms with van der Waals surface area (Å²) in [7, 11) is 0. The van der Waals surface area contributed by atoms with Gasteiger partial charge in [-0.15, -0.1) is 0 Å². The van der Waals surface area contributed by atoms with Crippen molar-refractivity contribution in [3.63, 3.8) is 0 Å². The molecule has 5 heteroatoms. The van der Waals surface area contributed by atoms with Crippen LogP contribution >= 0.6 is 11.6 Å². The normalized spacial score (nSPS) is 19.6. The number of nitrogens with zero attached hydrogens (tertiary/aromatic N) is 2. The molecular formula is C14H19ClN2O2. The molecule has 0 spiro atoms. The lowest BCUT2D eigenvalue weighted by Crippen LogP contribution is -2.38. The predicted octanol–water partition coefficient (Wildman–Crippen LogP) is 2.76. The number of carbonyl (C=O) groups excluding carboxylic acids is 1. The molecule has 104 valence electrons. The Morgan fingerprint density at radius 3 is 2.89 bits per heavy atom. The van der Waals surface area contributed by atoms with Crippen molar-refractivity contribution < 1.29 is 9.53 Å². The Morgan fingerprint density at radius 2 is 2.26 bits per heavy atom. The number of pyridine rings is 1. The van der Waals surface area contributed by atoms with E-state index in [1.807, 2.05) is 25.7 Å². The minimum absolute atomic E-state index is 0.00574. The van der Waals surface area contributed by atoms with Gasteiger partial charge in [0.25, 0.3) is 0 Å². The van der Waals surface area contributed by atoms with E-state index < -0.39 is 0 Å². The third-order valence-electron chi connectivity index (χ3n) is 3.10. The number of carbonyl (C=O) groups is 1. The minimum atomic E-state index is -0.344. The summed E-state index contributed by atoms with van der Waals surface area (Å²) in [5.74, 6) is 0.797. The van der Waals surface area contributed by atoms with Crippen molar-refractivity contribution in [3.8, 4) is 5.75 Å². The average Bonchev–Trinajstić information content (AvgIpc) is 2.78. The summed E-state index contributed by atoms with van der Waals surface area (Å²) < 4.78 is 5.83. The molecule has 1 saturated heterocycles. The van der Waals surface area contributed by atoms with Crippen LogP contribution < -0.4 is 4.74 Å². The van der Waals surface area contributed by atoms with Gasteiger partial charge in [0.1, 0.15) is 16.9 Å². The molecule has 0 aromatic carbocycles. The minimum Gasteiger partial charge on any atom is -0.487 e. The SMILES string of the molecule is CC(C)(C)C(=O)N1CC[C@@H](Oc2ccncc2Cl)C1. The van der Waals surface area contributed by atoms with Crippen molar-refractivity contribution in [2.24, 2.45) is 5.41 Å². The molecule has 1 aromatic heterocycles. The number of hydrogen-bond acceptors (Lipinski definition) is 3. The van der Waals surface area contributed by atoms with E-state index in [0.717, 1.165) is 13.0 Å². The molecule has 1 atom stereocenters. The molecule has 2 rings (SSSR count). The molecule has 1 amide bonds. The molecule has 0 bridgehead atoms. The third-order valence-corrected chi connectivity index (χ3v) is 3.39. The maximum Gasteiger partial charge on any atom is 0.228 e. The lowest BCUT2D eigenvalue weighted by atomic mass is 9.95. The highest BCUT2D eigenvalue weighted by Gasteiger charge is 2.33. The third kappa shape index (κ3) is 3.38. The van der Waals surface area contributed by atoms with E-state index in [9.17, 15) is 4.79 Å². The van der Waals surface area contributed by atoms with E-state index in [1.54, 1.807) is 18.5 Å². The van der Waals surface area contributed by atoms with E-state index in [4.69, 9.17) is 16.3 Å². The zero-order chi connectivity index (χ0) is 14.0. The fraction of sp³-hybridized carbons (Fsp3) is 0.571. The van der Waals surface area contributed by atoms with Gasteiger partial charge in [0.05, 0.1) is 6.54 Å². The van der Waals surface area contributed by atoms with E-state index in [-0.39, 0.29) is 17.4 Å². The van der Waals surface area contributed by atoms with Gasteiger partial charge in [-0.1, -0.05) is 32.4 Å². The van der Waals surface area contributed by atoms with E-state index >= 15 is 0 Å². The quantitative estimate of drug-likeness (QED) is 0.838. The van der Waals surface area contributed by atoms with Crippen LogP contribution in [0, 0.1) is 5.41 Å². The van der Waals surface area contributed by atoms with Gasteiger partial charge in [-0.2, -0.15) is 0 Å². The highest BCUT2D eigenvalue weighted by molar-refractivity contribution is 6.31. The van der Waals surface area contributed by atoms with Gasteiger partial charge in [-0.25, -0.2) is 0 Å². The van der Waals surface area contributed by atoms with Gasteiger partial charge in [0.2, 0.25) is 5.91 Å². The molecule has 0 saturated carbocycles. The monoisotopic (exact) mass is 282 g/mol. The summed E-state index contributed by atoms with van der Waals surface area (Å²) >= 11 is 6.01.